The number of halogens is 1. The van der Waals surface area contributed by atoms with Crippen LogP contribution < -0.4 is 0 Å². The lowest BCUT2D eigenvalue weighted by Crippen LogP contribution is -2.26. The van der Waals surface area contributed by atoms with Gasteiger partial charge in [0.05, 0.1) is 0 Å². The van der Waals surface area contributed by atoms with Crippen molar-refractivity contribution in [1.29, 1.82) is 0 Å². The van der Waals surface area contributed by atoms with Gasteiger partial charge in [-0.2, -0.15) is 0 Å². The third-order valence-electron chi connectivity index (χ3n) is 4.11. The predicted molar refractivity (Wildman–Crippen MR) is 97.6 cm³/mol. The molecular formula is C20H17I. The highest BCUT2D eigenvalue weighted by atomic mass is 127. The molecule has 1 heteroatoms. The quantitative estimate of drug-likeness (QED) is 0.405. The van der Waals surface area contributed by atoms with Gasteiger partial charge in [-0.3, -0.25) is 0 Å². The first-order valence-corrected chi connectivity index (χ1v) is 8.17. The maximum atomic E-state index is 2.44. The normalized spacial score (nSPS) is 11.3. The van der Waals surface area contributed by atoms with E-state index in [1.807, 2.05) is 0 Å². The van der Waals surface area contributed by atoms with Gasteiger partial charge in [0.15, 0.2) is 0 Å². The van der Waals surface area contributed by atoms with E-state index in [1.54, 1.807) is 0 Å². The summed E-state index contributed by atoms with van der Waals surface area (Å²) in [5.74, 6) is 0. The molecule has 0 bridgehead atoms. The van der Waals surface area contributed by atoms with Crippen molar-refractivity contribution in [3.63, 3.8) is 0 Å². The van der Waals surface area contributed by atoms with Crippen molar-refractivity contribution in [1.82, 2.24) is 0 Å². The van der Waals surface area contributed by atoms with E-state index in [1.165, 1.54) is 20.3 Å². The van der Waals surface area contributed by atoms with Gasteiger partial charge in [-0.1, -0.05) is 78.9 Å². The second-order valence-corrected chi connectivity index (χ2v) is 6.50. The van der Waals surface area contributed by atoms with Crippen LogP contribution in [0, 0.1) is 3.57 Å². The lowest BCUT2D eigenvalue weighted by molar-refractivity contribution is 0.688. The third kappa shape index (κ3) is 2.62. The molecule has 0 fully saturated rings. The summed E-state index contributed by atoms with van der Waals surface area (Å²) >= 11 is 2.44. The van der Waals surface area contributed by atoms with Gasteiger partial charge < -0.3 is 0 Å². The molecular weight excluding hydrogens is 367 g/mol. The highest BCUT2D eigenvalue weighted by Crippen LogP contribution is 2.40. The van der Waals surface area contributed by atoms with Gasteiger partial charge in [-0.25, -0.2) is 0 Å². The van der Waals surface area contributed by atoms with E-state index in [9.17, 15) is 0 Å². The zero-order valence-corrected chi connectivity index (χ0v) is 14.1. The minimum Gasteiger partial charge on any atom is -0.0622 e. The summed E-state index contributed by atoms with van der Waals surface area (Å²) in [5.41, 5.74) is 3.85. The molecule has 0 radical (unpaired) electrons. The Morgan fingerprint density at radius 1 is 0.619 bits per heavy atom. The van der Waals surface area contributed by atoms with Gasteiger partial charge in [0.2, 0.25) is 0 Å². The van der Waals surface area contributed by atoms with Gasteiger partial charge in [0.25, 0.3) is 0 Å². The molecule has 0 amide bonds. The summed E-state index contributed by atoms with van der Waals surface area (Å²) in [6.07, 6.45) is 0. The Labute approximate surface area is 140 Å². The Morgan fingerprint density at radius 2 is 1.05 bits per heavy atom. The molecule has 3 rings (SSSR count). The Kier molecular flexibility index (Phi) is 4.11. The molecule has 0 spiro atoms. The smallest absolute Gasteiger partial charge is 0.0433 e. The van der Waals surface area contributed by atoms with E-state index < -0.39 is 0 Å². The Balaban J connectivity index is 2.29. The summed E-state index contributed by atoms with van der Waals surface area (Å²) in [5, 5.41) is 0. The molecule has 0 nitrogen and oxygen atoms in total. The van der Waals surface area contributed by atoms with Crippen LogP contribution in [0.4, 0.5) is 0 Å². The van der Waals surface area contributed by atoms with Gasteiger partial charge in [0, 0.05) is 8.99 Å². The summed E-state index contributed by atoms with van der Waals surface area (Å²) in [7, 11) is 0. The van der Waals surface area contributed by atoms with Gasteiger partial charge in [-0.15, -0.1) is 0 Å². The molecule has 0 heterocycles. The number of benzene rings is 3. The van der Waals surface area contributed by atoms with Crippen LogP contribution in [0.5, 0.6) is 0 Å². The monoisotopic (exact) mass is 384 g/mol. The van der Waals surface area contributed by atoms with E-state index >= 15 is 0 Å². The van der Waals surface area contributed by atoms with Gasteiger partial charge in [-0.05, 0) is 52.3 Å². The Hall–Kier alpha value is -1.61. The van der Waals surface area contributed by atoms with Crippen molar-refractivity contribution in [3.8, 4) is 0 Å². The minimum absolute atomic E-state index is 0.139. The number of rotatable bonds is 3. The molecule has 0 aromatic heterocycles. The van der Waals surface area contributed by atoms with E-state index in [-0.39, 0.29) is 5.41 Å². The Bertz CT molecular complexity index is 678. The minimum atomic E-state index is -0.139. The van der Waals surface area contributed by atoms with E-state index in [2.05, 4.69) is 114 Å². The third-order valence-corrected chi connectivity index (χ3v) is 5.06. The molecule has 0 N–H and O–H groups in total. The van der Waals surface area contributed by atoms with Crippen LogP contribution in [0.25, 0.3) is 0 Å². The van der Waals surface area contributed by atoms with E-state index in [0.717, 1.165) is 0 Å². The fourth-order valence-electron chi connectivity index (χ4n) is 2.89. The maximum Gasteiger partial charge on any atom is 0.0433 e. The SMILES string of the molecule is CC(c1ccccc1)(c1ccccc1)c1ccccc1I. The average molecular weight is 384 g/mol. The fourth-order valence-corrected chi connectivity index (χ4v) is 3.81. The summed E-state index contributed by atoms with van der Waals surface area (Å²) < 4.78 is 1.30. The van der Waals surface area contributed by atoms with Crippen molar-refractivity contribution in [2.24, 2.45) is 0 Å². The average Bonchev–Trinajstić information content (AvgIpc) is 2.56. The van der Waals surface area contributed by atoms with Crippen LogP contribution in [0.15, 0.2) is 84.9 Å². The van der Waals surface area contributed by atoms with Gasteiger partial charge >= 0.3 is 0 Å². The highest BCUT2D eigenvalue weighted by molar-refractivity contribution is 14.1. The first kappa shape index (κ1) is 14.3. The largest absolute Gasteiger partial charge is 0.0622 e. The molecule has 104 valence electrons. The second kappa shape index (κ2) is 6.02. The molecule has 0 aliphatic carbocycles. The molecule has 0 atom stereocenters. The zero-order valence-electron chi connectivity index (χ0n) is 12.0. The van der Waals surface area contributed by atoms with E-state index in [0.29, 0.717) is 0 Å². The highest BCUT2D eigenvalue weighted by Gasteiger charge is 2.32. The van der Waals surface area contributed by atoms with Gasteiger partial charge in [0.1, 0.15) is 0 Å². The topological polar surface area (TPSA) is 0 Å². The van der Waals surface area contributed by atoms with Crippen LogP contribution in [0.3, 0.4) is 0 Å². The van der Waals surface area contributed by atoms with Crippen molar-refractivity contribution in [2.45, 2.75) is 12.3 Å². The van der Waals surface area contributed by atoms with Crippen LogP contribution in [-0.2, 0) is 5.41 Å². The first-order chi connectivity index (χ1) is 10.2. The molecule has 0 aliphatic rings. The van der Waals surface area contributed by atoms with Crippen molar-refractivity contribution < 1.29 is 0 Å². The molecule has 0 saturated carbocycles. The number of hydrogen-bond acceptors (Lipinski definition) is 0. The van der Waals surface area contributed by atoms with Crippen molar-refractivity contribution in [3.05, 3.63) is 105 Å². The van der Waals surface area contributed by atoms with Crippen molar-refractivity contribution >= 4 is 22.6 Å². The van der Waals surface area contributed by atoms with Crippen molar-refractivity contribution in [2.75, 3.05) is 0 Å². The Morgan fingerprint density at radius 3 is 1.52 bits per heavy atom. The molecule has 21 heavy (non-hydrogen) atoms. The zero-order chi connectivity index (χ0) is 14.7. The van der Waals surface area contributed by atoms with Crippen LogP contribution in [0.1, 0.15) is 23.6 Å². The summed E-state index contributed by atoms with van der Waals surface area (Å²) in [4.78, 5) is 0. The molecule has 0 saturated heterocycles. The first-order valence-electron chi connectivity index (χ1n) is 7.09. The van der Waals surface area contributed by atoms with E-state index in [4.69, 9.17) is 0 Å². The second-order valence-electron chi connectivity index (χ2n) is 5.34. The predicted octanol–water partition coefficient (Wildman–Crippen LogP) is 5.65. The fraction of sp³-hybridized carbons (Fsp3) is 0.100. The summed E-state index contributed by atoms with van der Waals surface area (Å²) in [6.45, 7) is 2.31. The number of hydrogen-bond donors (Lipinski definition) is 0. The summed E-state index contributed by atoms with van der Waals surface area (Å²) in [6, 6.07) is 30.1. The molecule has 3 aromatic rings. The lowest BCUT2D eigenvalue weighted by atomic mass is 9.71. The molecule has 3 aromatic carbocycles. The van der Waals surface area contributed by atoms with Crippen LogP contribution in [0.2, 0.25) is 0 Å². The molecule has 0 unspecified atom stereocenters. The van der Waals surface area contributed by atoms with Crippen LogP contribution >= 0.6 is 22.6 Å². The maximum absolute atomic E-state index is 2.44. The molecule has 0 aliphatic heterocycles. The standard InChI is InChI=1S/C20H17I/c1-20(16-10-4-2-5-11-16,17-12-6-3-7-13-17)18-14-8-9-15-19(18)21/h2-15H,1H3. The lowest BCUT2D eigenvalue weighted by Gasteiger charge is -2.32. The van der Waals surface area contributed by atoms with Crippen LogP contribution in [-0.4, -0.2) is 0 Å².